The number of aromatic amines is 1. The molecule has 6 nitrogen and oxygen atoms in total. The van der Waals surface area contributed by atoms with Crippen LogP contribution in [0, 0.1) is 0 Å². The van der Waals surface area contributed by atoms with E-state index in [9.17, 15) is 4.79 Å². The normalized spacial score (nSPS) is 15.3. The molecule has 0 saturated carbocycles. The van der Waals surface area contributed by atoms with Gasteiger partial charge in [0, 0.05) is 44.5 Å². The second kappa shape index (κ2) is 8.74. The highest BCUT2D eigenvalue weighted by atomic mass is 16.5. The summed E-state index contributed by atoms with van der Waals surface area (Å²) in [5.74, 6) is 0.869. The van der Waals surface area contributed by atoms with Gasteiger partial charge in [0.1, 0.15) is 5.75 Å². The molecule has 0 amide bonds. The molecule has 29 heavy (non-hydrogen) atoms. The molecule has 1 saturated heterocycles. The Morgan fingerprint density at radius 2 is 1.83 bits per heavy atom. The van der Waals surface area contributed by atoms with Crippen LogP contribution in [-0.4, -0.2) is 49.2 Å². The molecule has 1 aliphatic heterocycles. The molecule has 2 aromatic carbocycles. The molecule has 154 valence electrons. The fraction of sp³-hybridized carbons (Fsp3) is 0.435. The Balaban J connectivity index is 1.19. The number of ether oxygens (including phenoxy) is 1. The maximum atomic E-state index is 11.2. The second-order valence-corrected chi connectivity index (χ2v) is 7.95. The number of fused-ring (bicyclic) bond motifs is 1. The molecule has 3 aromatic rings. The van der Waals surface area contributed by atoms with Crippen LogP contribution in [0.15, 0.2) is 51.7 Å². The average molecular weight is 396 g/mol. The van der Waals surface area contributed by atoms with Gasteiger partial charge in [0.2, 0.25) is 0 Å². The summed E-state index contributed by atoms with van der Waals surface area (Å²) in [6, 6.07) is 14.4. The summed E-state index contributed by atoms with van der Waals surface area (Å²) in [6.45, 7) is 10.4. The van der Waals surface area contributed by atoms with Gasteiger partial charge in [0.15, 0.2) is 5.58 Å². The molecule has 0 spiro atoms. The highest BCUT2D eigenvalue weighted by molar-refractivity contribution is 5.73. The van der Waals surface area contributed by atoms with Crippen molar-refractivity contribution in [3.05, 3.63) is 58.6 Å². The highest BCUT2D eigenvalue weighted by Crippen LogP contribution is 2.21. The number of anilines is 1. The Morgan fingerprint density at radius 3 is 2.55 bits per heavy atom. The van der Waals surface area contributed by atoms with Crippen LogP contribution in [0.3, 0.4) is 0 Å². The van der Waals surface area contributed by atoms with Gasteiger partial charge in [-0.2, -0.15) is 0 Å². The summed E-state index contributed by atoms with van der Waals surface area (Å²) in [5.41, 5.74) is 3.94. The van der Waals surface area contributed by atoms with Crippen molar-refractivity contribution in [2.45, 2.75) is 26.2 Å². The maximum Gasteiger partial charge on any atom is 0.417 e. The van der Waals surface area contributed by atoms with Gasteiger partial charge in [-0.3, -0.25) is 9.88 Å². The molecule has 0 radical (unpaired) electrons. The van der Waals surface area contributed by atoms with Crippen molar-refractivity contribution in [3.8, 4) is 5.75 Å². The predicted octanol–water partition coefficient (Wildman–Crippen LogP) is 3.84. The van der Waals surface area contributed by atoms with Crippen molar-refractivity contribution >= 4 is 16.8 Å². The lowest BCUT2D eigenvalue weighted by atomic mass is 10.0. The number of H-pyrrole nitrogens is 1. The van der Waals surface area contributed by atoms with E-state index in [2.05, 4.69) is 52.9 Å². The SMILES string of the molecule is CC(C)c1ccc(N2CCN(CCCOc3ccc4[nH]c(=O)oc4c3)CC2)cc1. The van der Waals surface area contributed by atoms with Gasteiger partial charge in [-0.05, 0) is 42.2 Å². The molecule has 0 bridgehead atoms. The lowest BCUT2D eigenvalue weighted by molar-refractivity contribution is 0.225. The zero-order valence-corrected chi connectivity index (χ0v) is 17.2. The minimum atomic E-state index is -0.438. The number of nitrogens with one attached hydrogen (secondary N) is 1. The van der Waals surface area contributed by atoms with Gasteiger partial charge >= 0.3 is 5.76 Å². The van der Waals surface area contributed by atoms with E-state index in [4.69, 9.17) is 9.15 Å². The third-order valence-electron chi connectivity index (χ3n) is 5.58. The van der Waals surface area contributed by atoms with Crippen LogP contribution in [0.2, 0.25) is 0 Å². The molecule has 1 aliphatic rings. The second-order valence-electron chi connectivity index (χ2n) is 7.95. The van der Waals surface area contributed by atoms with Crippen molar-refractivity contribution in [1.29, 1.82) is 0 Å². The number of hydrogen-bond acceptors (Lipinski definition) is 5. The van der Waals surface area contributed by atoms with E-state index < -0.39 is 5.76 Å². The van der Waals surface area contributed by atoms with Gasteiger partial charge in [-0.1, -0.05) is 26.0 Å². The molecule has 0 atom stereocenters. The zero-order chi connectivity index (χ0) is 20.2. The van der Waals surface area contributed by atoms with E-state index in [0.717, 1.165) is 44.9 Å². The van der Waals surface area contributed by atoms with Crippen molar-refractivity contribution in [2.75, 3.05) is 44.2 Å². The summed E-state index contributed by atoms with van der Waals surface area (Å²) in [7, 11) is 0. The third kappa shape index (κ3) is 4.82. The van der Waals surface area contributed by atoms with Crippen molar-refractivity contribution < 1.29 is 9.15 Å². The number of rotatable bonds is 7. The van der Waals surface area contributed by atoms with Gasteiger partial charge in [-0.25, -0.2) is 4.79 Å². The molecule has 4 rings (SSSR count). The average Bonchev–Trinajstić information content (AvgIpc) is 3.11. The first-order chi connectivity index (χ1) is 14.1. The van der Waals surface area contributed by atoms with Crippen LogP contribution in [0.5, 0.6) is 5.75 Å². The molecule has 1 aromatic heterocycles. The number of piperazine rings is 1. The first-order valence-electron chi connectivity index (χ1n) is 10.4. The minimum Gasteiger partial charge on any atom is -0.493 e. The maximum absolute atomic E-state index is 11.2. The van der Waals surface area contributed by atoms with Crippen LogP contribution < -0.4 is 15.4 Å². The lowest BCUT2D eigenvalue weighted by Gasteiger charge is -2.36. The Hall–Kier alpha value is -2.73. The Bertz CT molecular complexity index is 983. The predicted molar refractivity (Wildman–Crippen MR) is 116 cm³/mol. The summed E-state index contributed by atoms with van der Waals surface area (Å²) < 4.78 is 10.9. The third-order valence-corrected chi connectivity index (χ3v) is 5.58. The van der Waals surface area contributed by atoms with Gasteiger partial charge < -0.3 is 14.1 Å². The molecule has 2 heterocycles. The number of nitrogens with zero attached hydrogens (tertiary/aromatic N) is 2. The summed E-state index contributed by atoms with van der Waals surface area (Å²) >= 11 is 0. The number of benzene rings is 2. The largest absolute Gasteiger partial charge is 0.493 e. The monoisotopic (exact) mass is 395 g/mol. The lowest BCUT2D eigenvalue weighted by Crippen LogP contribution is -2.46. The topological polar surface area (TPSA) is 61.7 Å². The van der Waals surface area contributed by atoms with E-state index >= 15 is 0 Å². The van der Waals surface area contributed by atoms with E-state index in [1.807, 2.05) is 12.1 Å². The van der Waals surface area contributed by atoms with Crippen LogP contribution in [0.1, 0.15) is 31.7 Å². The Labute approximate surface area is 171 Å². The number of oxazole rings is 1. The van der Waals surface area contributed by atoms with Gasteiger partial charge in [-0.15, -0.1) is 0 Å². The molecule has 1 N–H and O–H groups in total. The van der Waals surface area contributed by atoms with Gasteiger partial charge in [0.05, 0.1) is 12.1 Å². The van der Waals surface area contributed by atoms with Crippen molar-refractivity contribution in [3.63, 3.8) is 0 Å². The molecule has 1 fully saturated rings. The summed E-state index contributed by atoms with van der Waals surface area (Å²) in [5, 5.41) is 0. The van der Waals surface area contributed by atoms with E-state index in [1.165, 1.54) is 11.3 Å². The Morgan fingerprint density at radius 1 is 1.07 bits per heavy atom. The van der Waals surface area contributed by atoms with Crippen molar-refractivity contribution in [2.24, 2.45) is 0 Å². The van der Waals surface area contributed by atoms with Gasteiger partial charge in [0.25, 0.3) is 0 Å². The summed E-state index contributed by atoms with van der Waals surface area (Å²) in [6.07, 6.45) is 0.970. The standard InChI is InChI=1S/C23H29N3O3/c1-17(2)18-4-6-19(7-5-18)26-13-11-25(12-14-26)10-3-15-28-20-8-9-21-22(16-20)29-23(27)24-21/h4-9,16-17H,3,10-15H2,1-2H3,(H,24,27). The quantitative estimate of drug-likeness (QED) is 0.616. The molecular formula is C23H29N3O3. The van der Waals surface area contributed by atoms with Crippen LogP contribution in [0.25, 0.3) is 11.1 Å². The first-order valence-corrected chi connectivity index (χ1v) is 10.4. The van der Waals surface area contributed by atoms with Crippen molar-refractivity contribution in [1.82, 2.24) is 9.88 Å². The summed E-state index contributed by atoms with van der Waals surface area (Å²) in [4.78, 5) is 18.8. The van der Waals surface area contributed by atoms with E-state index in [1.54, 1.807) is 6.07 Å². The smallest absolute Gasteiger partial charge is 0.417 e. The molecular weight excluding hydrogens is 366 g/mol. The highest BCUT2D eigenvalue weighted by Gasteiger charge is 2.17. The molecule has 6 heteroatoms. The fourth-order valence-corrected chi connectivity index (χ4v) is 3.79. The minimum absolute atomic E-state index is 0.438. The number of aromatic nitrogens is 1. The fourth-order valence-electron chi connectivity index (χ4n) is 3.79. The van der Waals surface area contributed by atoms with E-state index in [0.29, 0.717) is 23.6 Å². The zero-order valence-electron chi connectivity index (χ0n) is 17.2. The van der Waals surface area contributed by atoms with Crippen LogP contribution in [-0.2, 0) is 0 Å². The Kier molecular flexibility index (Phi) is 5.90. The number of hydrogen-bond donors (Lipinski definition) is 1. The molecule has 0 unspecified atom stereocenters. The van der Waals surface area contributed by atoms with E-state index in [-0.39, 0.29) is 0 Å². The first kappa shape index (κ1) is 19.6. The molecule has 0 aliphatic carbocycles. The van der Waals surface area contributed by atoms with Crippen LogP contribution in [0.4, 0.5) is 5.69 Å². The van der Waals surface area contributed by atoms with Crippen LogP contribution >= 0.6 is 0 Å².